The number of nitrogens with zero attached hydrogens (tertiary/aromatic N) is 3. The minimum Gasteiger partial charge on any atom is -0.483 e. The third-order valence-corrected chi connectivity index (χ3v) is 7.31. The van der Waals surface area contributed by atoms with E-state index in [4.69, 9.17) is 4.74 Å². The standard InChI is InChI=1S/C29H21F9N4O5/c1-14-6-19(47-29(36,37)38)2-3-22(14)46-13-23(43)41-4-5-42-21(12-41)25(44)40-24-20(26(42)45)9-16(11-39-24)15-7-17(27(30,31)32)10-18(8-15)28(33,34)35/h2-3,6-11,21H,4-5,12-13H2,1H3,(H,39,40,44). The quantitative estimate of drug-likeness (QED) is 0.350. The van der Waals surface area contributed by atoms with Crippen molar-refractivity contribution in [2.75, 3.05) is 31.6 Å². The van der Waals surface area contributed by atoms with Gasteiger partial charge in [0.2, 0.25) is 5.91 Å². The first-order chi connectivity index (χ1) is 21.8. The predicted molar refractivity (Wildman–Crippen MR) is 143 cm³/mol. The van der Waals surface area contributed by atoms with Crippen LogP contribution in [-0.4, -0.2) is 71.2 Å². The summed E-state index contributed by atoms with van der Waals surface area (Å²) < 4.78 is 127. The van der Waals surface area contributed by atoms with Gasteiger partial charge in [0, 0.05) is 24.8 Å². The highest BCUT2D eigenvalue weighted by Crippen LogP contribution is 2.39. The number of rotatable bonds is 5. The lowest BCUT2D eigenvalue weighted by atomic mass is 9.99. The lowest BCUT2D eigenvalue weighted by Gasteiger charge is -2.39. The summed E-state index contributed by atoms with van der Waals surface area (Å²) in [6.45, 7) is 0.296. The zero-order chi connectivity index (χ0) is 34.5. The van der Waals surface area contributed by atoms with E-state index in [-0.39, 0.29) is 54.0 Å². The van der Waals surface area contributed by atoms with Gasteiger partial charge in [0.1, 0.15) is 23.4 Å². The number of hydrogen-bond acceptors (Lipinski definition) is 6. The second-order valence-electron chi connectivity index (χ2n) is 10.5. The number of hydrogen-bond donors (Lipinski definition) is 1. The Morgan fingerprint density at radius 3 is 2.17 bits per heavy atom. The molecule has 47 heavy (non-hydrogen) atoms. The summed E-state index contributed by atoms with van der Waals surface area (Å²) in [6.07, 6.45) is -14.2. The van der Waals surface area contributed by atoms with E-state index in [0.29, 0.717) is 12.1 Å². The second kappa shape index (κ2) is 12.0. The third-order valence-electron chi connectivity index (χ3n) is 7.31. The molecule has 2 aliphatic heterocycles. The van der Waals surface area contributed by atoms with E-state index < -0.39 is 71.5 Å². The summed E-state index contributed by atoms with van der Waals surface area (Å²) in [7, 11) is 0. The lowest BCUT2D eigenvalue weighted by molar-refractivity contribution is -0.274. The maximum Gasteiger partial charge on any atom is 0.573 e. The lowest BCUT2D eigenvalue weighted by Crippen LogP contribution is -2.60. The molecule has 18 heteroatoms. The van der Waals surface area contributed by atoms with E-state index in [2.05, 4.69) is 15.0 Å². The van der Waals surface area contributed by atoms with Crippen LogP contribution in [0.15, 0.2) is 48.7 Å². The molecule has 2 aliphatic rings. The van der Waals surface area contributed by atoms with Crippen LogP contribution in [0.25, 0.3) is 11.1 Å². The summed E-state index contributed by atoms with van der Waals surface area (Å²) in [4.78, 5) is 45.8. The van der Waals surface area contributed by atoms with Crippen molar-refractivity contribution in [2.45, 2.75) is 31.7 Å². The molecule has 1 saturated heterocycles. The number of aromatic nitrogens is 1. The Morgan fingerprint density at radius 2 is 1.57 bits per heavy atom. The minimum atomic E-state index is -5.11. The van der Waals surface area contributed by atoms with Gasteiger partial charge in [-0.2, -0.15) is 26.3 Å². The number of nitrogens with one attached hydrogen (secondary N) is 1. The van der Waals surface area contributed by atoms with Crippen LogP contribution in [-0.2, 0) is 21.9 Å². The summed E-state index contributed by atoms with van der Waals surface area (Å²) in [5, 5.41) is 2.41. The van der Waals surface area contributed by atoms with Crippen LogP contribution >= 0.6 is 0 Å². The molecular weight excluding hydrogens is 655 g/mol. The van der Waals surface area contributed by atoms with Crippen molar-refractivity contribution in [1.29, 1.82) is 0 Å². The fraction of sp³-hybridized carbons (Fsp3) is 0.310. The van der Waals surface area contributed by atoms with Gasteiger partial charge in [0.05, 0.1) is 23.2 Å². The number of benzene rings is 2. The molecule has 1 unspecified atom stereocenters. The number of alkyl halides is 9. The summed E-state index contributed by atoms with van der Waals surface area (Å²) in [6, 6.07) is 3.96. The van der Waals surface area contributed by atoms with E-state index in [9.17, 15) is 53.9 Å². The van der Waals surface area contributed by atoms with Crippen molar-refractivity contribution >= 4 is 23.5 Å². The van der Waals surface area contributed by atoms with Gasteiger partial charge in [-0.05, 0) is 60.5 Å². The molecule has 2 aromatic carbocycles. The highest BCUT2D eigenvalue weighted by Gasteiger charge is 2.42. The SMILES string of the molecule is Cc1cc(OC(F)(F)F)ccc1OCC(=O)N1CCN2C(=O)c3cc(-c4cc(C(F)(F)F)cc(C(F)(F)F)c4)cnc3NC(=O)C2C1. The molecule has 1 atom stereocenters. The van der Waals surface area contributed by atoms with Crippen molar-refractivity contribution < 1.29 is 63.4 Å². The summed E-state index contributed by atoms with van der Waals surface area (Å²) in [5.74, 6) is -2.86. The zero-order valence-electron chi connectivity index (χ0n) is 23.8. The molecule has 250 valence electrons. The number of aryl methyl sites for hydroxylation is 1. The number of fused-ring (bicyclic) bond motifs is 2. The van der Waals surface area contributed by atoms with E-state index >= 15 is 0 Å². The average molecular weight is 676 g/mol. The minimum absolute atomic E-state index is 0.0352. The molecule has 3 aromatic rings. The highest BCUT2D eigenvalue weighted by atomic mass is 19.4. The largest absolute Gasteiger partial charge is 0.573 e. The smallest absolute Gasteiger partial charge is 0.483 e. The summed E-state index contributed by atoms with van der Waals surface area (Å²) >= 11 is 0. The molecular formula is C29H21F9N4O5. The molecule has 0 radical (unpaired) electrons. The topological polar surface area (TPSA) is 101 Å². The number of ether oxygens (including phenoxy) is 2. The van der Waals surface area contributed by atoms with Gasteiger partial charge < -0.3 is 24.6 Å². The van der Waals surface area contributed by atoms with Crippen molar-refractivity contribution in [3.8, 4) is 22.6 Å². The van der Waals surface area contributed by atoms with Crippen LogP contribution in [0.3, 0.4) is 0 Å². The van der Waals surface area contributed by atoms with Crippen LogP contribution < -0.4 is 14.8 Å². The number of carbonyl (C=O) groups excluding carboxylic acids is 3. The number of anilines is 1. The molecule has 3 amide bonds. The molecule has 0 saturated carbocycles. The van der Waals surface area contributed by atoms with Crippen molar-refractivity contribution in [3.63, 3.8) is 0 Å². The first-order valence-electron chi connectivity index (χ1n) is 13.5. The Kier molecular flexibility index (Phi) is 8.48. The third kappa shape index (κ3) is 7.36. The monoisotopic (exact) mass is 676 g/mol. The van der Waals surface area contributed by atoms with E-state index in [1.54, 1.807) is 0 Å². The average Bonchev–Trinajstić information content (AvgIpc) is 3.07. The van der Waals surface area contributed by atoms with Crippen molar-refractivity contribution in [3.05, 3.63) is 70.9 Å². The van der Waals surface area contributed by atoms with Crippen LogP contribution in [0.2, 0.25) is 0 Å². The van der Waals surface area contributed by atoms with Crippen LogP contribution in [0, 0.1) is 6.92 Å². The van der Waals surface area contributed by atoms with Gasteiger partial charge in [-0.3, -0.25) is 14.4 Å². The molecule has 5 rings (SSSR count). The maximum atomic E-state index is 13.5. The van der Waals surface area contributed by atoms with E-state index in [0.717, 1.165) is 29.3 Å². The number of amides is 3. The maximum absolute atomic E-state index is 13.5. The molecule has 1 aromatic heterocycles. The Morgan fingerprint density at radius 1 is 0.915 bits per heavy atom. The zero-order valence-corrected chi connectivity index (χ0v) is 23.8. The van der Waals surface area contributed by atoms with Crippen LogP contribution in [0.4, 0.5) is 45.3 Å². The number of carbonyl (C=O) groups is 3. The first kappa shape index (κ1) is 33.3. The molecule has 0 spiro atoms. The molecule has 3 heterocycles. The van der Waals surface area contributed by atoms with Crippen LogP contribution in [0.1, 0.15) is 27.0 Å². The Balaban J connectivity index is 1.32. The van der Waals surface area contributed by atoms with Crippen molar-refractivity contribution in [2.24, 2.45) is 0 Å². The second-order valence-corrected chi connectivity index (χ2v) is 10.5. The van der Waals surface area contributed by atoms with Gasteiger partial charge in [0.15, 0.2) is 6.61 Å². The number of piperazine rings is 1. The Bertz CT molecular complexity index is 1710. The normalized spacial score (nSPS) is 17.0. The summed E-state index contributed by atoms with van der Waals surface area (Å²) in [5.41, 5.74) is -3.95. The molecule has 1 N–H and O–H groups in total. The van der Waals surface area contributed by atoms with Gasteiger partial charge >= 0.3 is 18.7 Å². The fourth-order valence-corrected chi connectivity index (χ4v) is 5.05. The van der Waals surface area contributed by atoms with Gasteiger partial charge in [-0.15, -0.1) is 13.2 Å². The number of pyridine rings is 1. The predicted octanol–water partition coefficient (Wildman–Crippen LogP) is 5.68. The molecule has 0 bridgehead atoms. The fourth-order valence-electron chi connectivity index (χ4n) is 5.05. The molecule has 1 fully saturated rings. The van der Waals surface area contributed by atoms with E-state index in [1.807, 2.05) is 0 Å². The first-order valence-corrected chi connectivity index (χ1v) is 13.5. The Labute approximate surface area is 258 Å². The number of halogens is 9. The van der Waals surface area contributed by atoms with Gasteiger partial charge in [-0.1, -0.05) is 0 Å². The van der Waals surface area contributed by atoms with Gasteiger partial charge in [-0.25, -0.2) is 4.98 Å². The van der Waals surface area contributed by atoms with Gasteiger partial charge in [0.25, 0.3) is 11.8 Å². The molecule has 0 aliphatic carbocycles. The van der Waals surface area contributed by atoms with Crippen LogP contribution in [0.5, 0.6) is 11.5 Å². The van der Waals surface area contributed by atoms with Crippen molar-refractivity contribution in [1.82, 2.24) is 14.8 Å². The highest BCUT2D eigenvalue weighted by molar-refractivity contribution is 6.10. The molecule has 9 nitrogen and oxygen atoms in total. The van der Waals surface area contributed by atoms with E-state index in [1.165, 1.54) is 17.9 Å². The Hall–Kier alpha value is -5.03.